The topological polar surface area (TPSA) is 50.4 Å². The molecule has 1 fully saturated rings. The summed E-state index contributed by atoms with van der Waals surface area (Å²) in [5, 5.41) is 2.30. The van der Waals surface area contributed by atoms with Crippen molar-refractivity contribution in [1.29, 1.82) is 0 Å². The van der Waals surface area contributed by atoms with Crippen molar-refractivity contribution < 1.29 is 9.47 Å². The second-order valence-corrected chi connectivity index (χ2v) is 6.74. The number of methoxy groups -OCH3 is 1. The molecule has 2 aromatic heterocycles. The number of hydrogen-bond donors (Lipinski definition) is 1. The van der Waals surface area contributed by atoms with Crippen LogP contribution in [0.15, 0.2) is 30.6 Å². The minimum atomic E-state index is 0.546. The molecule has 1 aromatic carbocycles. The van der Waals surface area contributed by atoms with Crippen LogP contribution in [-0.2, 0) is 11.3 Å². The maximum Gasteiger partial charge on any atom is 0.126 e. The second-order valence-electron chi connectivity index (χ2n) is 6.74. The van der Waals surface area contributed by atoms with Gasteiger partial charge in [-0.3, -0.25) is 4.98 Å². The summed E-state index contributed by atoms with van der Waals surface area (Å²) < 4.78 is 11.5. The Morgan fingerprint density at radius 2 is 2.04 bits per heavy atom. The van der Waals surface area contributed by atoms with Crippen LogP contribution in [0.1, 0.15) is 24.8 Å². The predicted molar refractivity (Wildman–Crippen MR) is 100 cm³/mol. The van der Waals surface area contributed by atoms with E-state index in [0.717, 1.165) is 47.3 Å². The van der Waals surface area contributed by atoms with Gasteiger partial charge in [-0.2, -0.15) is 0 Å². The lowest BCUT2D eigenvalue weighted by Crippen LogP contribution is -2.22. The average molecular weight is 339 g/mol. The fourth-order valence-corrected chi connectivity index (χ4v) is 3.69. The number of rotatable bonds is 7. The molecule has 132 valence electrons. The van der Waals surface area contributed by atoms with Crippen molar-refractivity contribution in [3.05, 3.63) is 36.2 Å². The number of benzene rings is 1. The second kappa shape index (κ2) is 7.42. The standard InChI is InChI=1S/C20H25N3O2/c1-24-14-15-11-16-17-13-21-6-5-18(17)22-19(16)12-20(15)25-10-4-9-23-7-2-3-8-23/h5-6,11-13,22H,2-4,7-10,14H2,1H3. The molecule has 0 bridgehead atoms. The van der Waals surface area contributed by atoms with Crippen molar-refractivity contribution in [3.63, 3.8) is 0 Å². The summed E-state index contributed by atoms with van der Waals surface area (Å²) in [6.45, 7) is 4.89. The third kappa shape index (κ3) is 3.48. The van der Waals surface area contributed by atoms with Gasteiger partial charge < -0.3 is 19.4 Å². The number of fused-ring (bicyclic) bond motifs is 3. The van der Waals surface area contributed by atoms with Gasteiger partial charge in [-0.1, -0.05) is 0 Å². The van der Waals surface area contributed by atoms with Crippen LogP contribution in [0.5, 0.6) is 5.75 Å². The lowest BCUT2D eigenvalue weighted by atomic mass is 10.1. The Bertz CT molecular complexity index is 853. The third-order valence-electron chi connectivity index (χ3n) is 4.96. The molecule has 0 atom stereocenters. The van der Waals surface area contributed by atoms with Gasteiger partial charge in [-0.05, 0) is 44.5 Å². The molecule has 5 heteroatoms. The van der Waals surface area contributed by atoms with Crippen molar-refractivity contribution in [1.82, 2.24) is 14.9 Å². The molecule has 1 aliphatic rings. The molecule has 0 spiro atoms. The summed E-state index contributed by atoms with van der Waals surface area (Å²) in [6, 6.07) is 6.26. The fraction of sp³-hybridized carbons (Fsp3) is 0.450. The predicted octanol–water partition coefficient (Wildman–Crippen LogP) is 3.73. The van der Waals surface area contributed by atoms with Gasteiger partial charge >= 0.3 is 0 Å². The summed E-state index contributed by atoms with van der Waals surface area (Å²) in [7, 11) is 1.72. The van der Waals surface area contributed by atoms with Gasteiger partial charge in [-0.25, -0.2) is 0 Å². The summed E-state index contributed by atoms with van der Waals surface area (Å²) in [5.41, 5.74) is 3.26. The maximum atomic E-state index is 6.11. The Labute approximate surface area is 147 Å². The number of H-pyrrole nitrogens is 1. The van der Waals surface area contributed by atoms with Crippen LogP contribution < -0.4 is 4.74 Å². The molecule has 0 amide bonds. The van der Waals surface area contributed by atoms with E-state index in [4.69, 9.17) is 9.47 Å². The first kappa shape index (κ1) is 16.4. The Balaban J connectivity index is 1.53. The van der Waals surface area contributed by atoms with Crippen LogP contribution in [0.4, 0.5) is 0 Å². The SMILES string of the molecule is COCc1cc2c(cc1OCCCN1CCCC1)[nH]c1ccncc12. The summed E-state index contributed by atoms with van der Waals surface area (Å²) >= 11 is 0. The van der Waals surface area contributed by atoms with E-state index >= 15 is 0 Å². The highest BCUT2D eigenvalue weighted by Gasteiger charge is 2.13. The van der Waals surface area contributed by atoms with E-state index < -0.39 is 0 Å². The molecule has 1 saturated heterocycles. The molecule has 5 nitrogen and oxygen atoms in total. The molecule has 4 rings (SSSR count). The molecular weight excluding hydrogens is 314 g/mol. The number of nitrogens with one attached hydrogen (secondary N) is 1. The van der Waals surface area contributed by atoms with Crippen molar-refractivity contribution >= 4 is 21.8 Å². The van der Waals surface area contributed by atoms with E-state index in [2.05, 4.69) is 27.0 Å². The summed E-state index contributed by atoms with van der Waals surface area (Å²) in [6.07, 6.45) is 7.45. The first-order chi connectivity index (χ1) is 12.3. The van der Waals surface area contributed by atoms with Gasteiger partial charge in [0.2, 0.25) is 0 Å². The summed E-state index contributed by atoms with van der Waals surface area (Å²) in [5.74, 6) is 0.912. The largest absolute Gasteiger partial charge is 0.493 e. The Kier molecular flexibility index (Phi) is 4.85. The highest BCUT2D eigenvalue weighted by Crippen LogP contribution is 2.31. The van der Waals surface area contributed by atoms with E-state index in [9.17, 15) is 0 Å². The first-order valence-electron chi connectivity index (χ1n) is 9.07. The average Bonchev–Trinajstić information content (AvgIpc) is 3.26. The van der Waals surface area contributed by atoms with Gasteiger partial charge in [0.25, 0.3) is 0 Å². The number of pyridine rings is 1. The van der Waals surface area contributed by atoms with E-state index in [-0.39, 0.29) is 0 Å². The number of aromatic amines is 1. The zero-order valence-corrected chi connectivity index (χ0v) is 14.8. The van der Waals surface area contributed by atoms with Crippen molar-refractivity contribution in [2.24, 2.45) is 0 Å². The number of nitrogens with zero attached hydrogens (tertiary/aromatic N) is 2. The molecule has 0 unspecified atom stereocenters. The third-order valence-corrected chi connectivity index (χ3v) is 4.96. The molecular formula is C20H25N3O2. The molecule has 3 heterocycles. The van der Waals surface area contributed by atoms with Crippen LogP contribution in [-0.4, -0.2) is 48.2 Å². The minimum Gasteiger partial charge on any atom is -0.493 e. The zero-order valence-electron chi connectivity index (χ0n) is 14.8. The first-order valence-corrected chi connectivity index (χ1v) is 9.07. The smallest absolute Gasteiger partial charge is 0.126 e. The molecule has 3 aromatic rings. The lowest BCUT2D eigenvalue weighted by Gasteiger charge is -2.15. The highest BCUT2D eigenvalue weighted by molar-refractivity contribution is 6.07. The van der Waals surface area contributed by atoms with Crippen LogP contribution in [0.25, 0.3) is 21.8 Å². The number of hydrogen-bond acceptors (Lipinski definition) is 4. The van der Waals surface area contributed by atoms with Crippen LogP contribution >= 0.6 is 0 Å². The Morgan fingerprint density at radius 3 is 2.88 bits per heavy atom. The number of aromatic nitrogens is 2. The lowest BCUT2D eigenvalue weighted by molar-refractivity contribution is 0.179. The Hall–Kier alpha value is -2.11. The number of ether oxygens (including phenoxy) is 2. The fourth-order valence-electron chi connectivity index (χ4n) is 3.69. The van der Waals surface area contributed by atoms with Crippen molar-refractivity contribution in [2.45, 2.75) is 25.9 Å². The van der Waals surface area contributed by atoms with Crippen molar-refractivity contribution in [3.8, 4) is 5.75 Å². The van der Waals surface area contributed by atoms with E-state index in [1.54, 1.807) is 7.11 Å². The van der Waals surface area contributed by atoms with Crippen molar-refractivity contribution in [2.75, 3.05) is 33.4 Å². The molecule has 1 N–H and O–H groups in total. The highest BCUT2D eigenvalue weighted by atomic mass is 16.5. The van der Waals surface area contributed by atoms with Gasteiger partial charge in [-0.15, -0.1) is 0 Å². The number of likely N-dealkylation sites (tertiary alicyclic amines) is 1. The Morgan fingerprint density at radius 1 is 1.16 bits per heavy atom. The van der Waals surface area contributed by atoms with E-state index in [1.165, 1.54) is 31.3 Å². The monoisotopic (exact) mass is 339 g/mol. The van der Waals surface area contributed by atoms with Gasteiger partial charge in [0.05, 0.1) is 18.7 Å². The molecule has 0 aliphatic carbocycles. The van der Waals surface area contributed by atoms with Gasteiger partial charge in [0.1, 0.15) is 5.75 Å². The van der Waals surface area contributed by atoms with Gasteiger partial charge in [0, 0.05) is 54.0 Å². The van der Waals surface area contributed by atoms with E-state index in [1.807, 2.05) is 18.5 Å². The molecule has 0 radical (unpaired) electrons. The molecule has 25 heavy (non-hydrogen) atoms. The maximum absolute atomic E-state index is 6.11. The minimum absolute atomic E-state index is 0.546. The molecule has 0 saturated carbocycles. The quantitative estimate of drug-likeness (QED) is 0.667. The molecule has 1 aliphatic heterocycles. The van der Waals surface area contributed by atoms with Crippen LogP contribution in [0.3, 0.4) is 0 Å². The van der Waals surface area contributed by atoms with Crippen LogP contribution in [0.2, 0.25) is 0 Å². The van der Waals surface area contributed by atoms with E-state index in [0.29, 0.717) is 6.61 Å². The van der Waals surface area contributed by atoms with Crippen LogP contribution in [0, 0.1) is 0 Å². The summed E-state index contributed by atoms with van der Waals surface area (Å²) in [4.78, 5) is 10.2. The zero-order chi connectivity index (χ0) is 17.1. The normalized spacial score (nSPS) is 15.4. The van der Waals surface area contributed by atoms with Gasteiger partial charge in [0.15, 0.2) is 0 Å².